The van der Waals surface area contributed by atoms with E-state index in [1.165, 1.54) is 0 Å². The number of epoxide rings is 1. The summed E-state index contributed by atoms with van der Waals surface area (Å²) in [6.07, 6.45) is 0.184. The molecule has 0 aliphatic carbocycles. The van der Waals surface area contributed by atoms with E-state index in [1.807, 2.05) is 6.92 Å². The van der Waals surface area contributed by atoms with E-state index in [4.69, 9.17) is 0 Å². The van der Waals surface area contributed by atoms with E-state index in [0.29, 0.717) is 13.2 Å². The van der Waals surface area contributed by atoms with E-state index >= 15 is 0 Å². The molecule has 0 N–H and O–H groups in total. The number of methoxy groups -OCH3 is 1. The average Bonchev–Trinajstić information content (AvgIpc) is 3.02. The number of rotatable bonds is 5. The van der Waals surface area contributed by atoms with Gasteiger partial charge in [0.25, 0.3) is 0 Å². The van der Waals surface area contributed by atoms with Crippen LogP contribution in [0.15, 0.2) is 0 Å². The van der Waals surface area contributed by atoms with Crippen molar-refractivity contribution in [3.05, 3.63) is 0 Å². The van der Waals surface area contributed by atoms with Gasteiger partial charge in [0.15, 0.2) is 0 Å². The minimum atomic E-state index is -0.621. The third-order valence-electron chi connectivity index (χ3n) is 1.14. The third kappa shape index (κ3) is 36.2. The molecule has 0 spiro atoms. The monoisotopic (exact) mass is 270 g/mol. The van der Waals surface area contributed by atoms with Crippen molar-refractivity contribution in [1.29, 1.82) is 0 Å². The fourth-order valence-corrected chi connectivity index (χ4v) is 0.435. The Morgan fingerprint density at radius 2 is 1.44 bits per heavy atom. The van der Waals surface area contributed by atoms with Gasteiger partial charge >= 0.3 is 6.16 Å². The van der Waals surface area contributed by atoms with Crippen LogP contribution in [0.2, 0.25) is 0 Å². The Morgan fingerprint density at radius 1 is 1.00 bits per heavy atom. The average molecular weight is 270 g/mol. The Kier molecular flexibility index (Phi) is 42.3. The van der Waals surface area contributed by atoms with E-state index in [0.717, 1.165) is 19.6 Å². The zero-order valence-electron chi connectivity index (χ0n) is 8.78. The summed E-state index contributed by atoms with van der Waals surface area (Å²) >= 11 is 0. The van der Waals surface area contributed by atoms with Crippen LogP contribution in [0.4, 0.5) is 4.79 Å². The predicted octanol–water partition coefficient (Wildman–Crippen LogP) is 3.76. The van der Waals surface area contributed by atoms with Crippen LogP contribution in [0.1, 0.15) is 43.1 Å². The third-order valence-corrected chi connectivity index (χ3v) is 1.14. The summed E-state index contributed by atoms with van der Waals surface area (Å²) in [6.45, 7) is 4.98. The number of ether oxygens (including phenoxy) is 4. The quantitative estimate of drug-likeness (QED) is 0.432. The van der Waals surface area contributed by atoms with Crippen molar-refractivity contribution in [2.75, 3.05) is 40.1 Å². The number of hydrogen-bond acceptors (Lipinski definition) is 5. The second-order valence-electron chi connectivity index (χ2n) is 2.55. The van der Waals surface area contributed by atoms with Crippen LogP contribution < -0.4 is 0 Å². The van der Waals surface area contributed by atoms with Crippen LogP contribution in [-0.4, -0.2) is 46.3 Å². The minimum Gasteiger partial charge on any atom is -0.434 e. The van der Waals surface area contributed by atoms with Crippen LogP contribution in [0, 0.1) is 0 Å². The molecule has 0 radical (unpaired) electrons. The van der Waals surface area contributed by atoms with Gasteiger partial charge in [0.2, 0.25) is 0 Å². The maximum Gasteiger partial charge on any atom is 0.508 e. The molecule has 1 fully saturated rings. The van der Waals surface area contributed by atoms with Crippen molar-refractivity contribution in [1.82, 2.24) is 0 Å². The standard InChI is InChI=1S/C7H14O4.C2H4O.4CH4/c1-3-4-10-7(8)11-6-5-9-2;1-2-3-1;;;;/h3-6H2,1-2H3;1-2H2;4*1H4. The summed E-state index contributed by atoms with van der Waals surface area (Å²) in [4.78, 5) is 10.6. The first-order valence-corrected chi connectivity index (χ1v) is 4.67. The van der Waals surface area contributed by atoms with Crippen LogP contribution in [-0.2, 0) is 18.9 Å². The SMILES string of the molecule is C.C.C.C.C1CO1.CCCOC(=O)OCCOC. The second kappa shape index (κ2) is 25.1. The van der Waals surface area contributed by atoms with Crippen molar-refractivity contribution in [2.45, 2.75) is 43.1 Å². The molecule has 5 nitrogen and oxygen atoms in total. The lowest BCUT2D eigenvalue weighted by molar-refractivity contribution is 0.0367. The summed E-state index contributed by atoms with van der Waals surface area (Å²) in [5.41, 5.74) is 0. The molecule has 1 aliphatic heterocycles. The molecule has 1 heterocycles. The molecular formula is C13H34O5. The first-order chi connectivity index (χ1) is 6.81. The normalized spacial score (nSPS) is 9.67. The first kappa shape index (κ1) is 30.3. The van der Waals surface area contributed by atoms with E-state index in [2.05, 4.69) is 18.9 Å². The van der Waals surface area contributed by atoms with Gasteiger partial charge in [-0.05, 0) is 6.42 Å². The highest BCUT2D eigenvalue weighted by molar-refractivity contribution is 5.59. The molecular weight excluding hydrogens is 236 g/mol. The Balaban J connectivity index is -0.0000000706. The lowest BCUT2D eigenvalue weighted by Crippen LogP contribution is -2.11. The molecule has 0 aromatic carbocycles. The molecule has 1 aliphatic rings. The van der Waals surface area contributed by atoms with Crippen molar-refractivity contribution < 1.29 is 23.7 Å². The highest BCUT2D eigenvalue weighted by atomic mass is 16.7. The van der Waals surface area contributed by atoms with Gasteiger partial charge in [-0.1, -0.05) is 36.6 Å². The summed E-state index contributed by atoms with van der Waals surface area (Å²) in [5, 5.41) is 0. The van der Waals surface area contributed by atoms with E-state index in [1.54, 1.807) is 7.11 Å². The molecule has 0 aromatic rings. The molecule has 0 saturated carbocycles. The van der Waals surface area contributed by atoms with Crippen molar-refractivity contribution >= 4 is 6.16 Å². The Morgan fingerprint density at radius 3 is 1.78 bits per heavy atom. The van der Waals surface area contributed by atoms with Gasteiger partial charge in [-0.3, -0.25) is 0 Å². The lowest BCUT2D eigenvalue weighted by atomic mass is 10.5. The molecule has 0 unspecified atom stereocenters. The number of carbonyl (C=O) groups is 1. The maximum atomic E-state index is 10.6. The predicted molar refractivity (Wildman–Crippen MR) is 77.2 cm³/mol. The van der Waals surface area contributed by atoms with E-state index in [-0.39, 0.29) is 36.3 Å². The highest BCUT2D eigenvalue weighted by Gasteiger charge is 2.00. The Labute approximate surface area is 114 Å². The topological polar surface area (TPSA) is 57.3 Å². The molecule has 5 heteroatoms. The molecule has 0 bridgehead atoms. The van der Waals surface area contributed by atoms with Crippen molar-refractivity contribution in [3.63, 3.8) is 0 Å². The first-order valence-electron chi connectivity index (χ1n) is 4.67. The highest BCUT2D eigenvalue weighted by Crippen LogP contribution is 1.87. The summed E-state index contributed by atoms with van der Waals surface area (Å²) < 4.78 is 18.4. The van der Waals surface area contributed by atoms with Crippen LogP contribution in [0.3, 0.4) is 0 Å². The van der Waals surface area contributed by atoms with Crippen LogP contribution in [0.5, 0.6) is 0 Å². The van der Waals surface area contributed by atoms with Crippen molar-refractivity contribution in [3.8, 4) is 0 Å². The zero-order valence-corrected chi connectivity index (χ0v) is 8.78. The Hall–Kier alpha value is -0.810. The molecule has 0 atom stereocenters. The van der Waals surface area contributed by atoms with Gasteiger partial charge in [0.05, 0.1) is 26.4 Å². The number of carbonyl (C=O) groups excluding carboxylic acids is 1. The molecule has 0 amide bonds. The van der Waals surface area contributed by atoms with Crippen LogP contribution >= 0.6 is 0 Å². The molecule has 1 saturated heterocycles. The fraction of sp³-hybridized carbons (Fsp3) is 0.923. The fourth-order valence-electron chi connectivity index (χ4n) is 0.435. The maximum absolute atomic E-state index is 10.6. The van der Waals surface area contributed by atoms with E-state index in [9.17, 15) is 4.79 Å². The number of hydrogen-bond donors (Lipinski definition) is 0. The minimum absolute atomic E-state index is 0. The summed E-state index contributed by atoms with van der Waals surface area (Å²) in [5.74, 6) is 0. The van der Waals surface area contributed by atoms with Gasteiger partial charge in [-0.2, -0.15) is 0 Å². The molecule has 18 heavy (non-hydrogen) atoms. The summed E-state index contributed by atoms with van der Waals surface area (Å²) in [6, 6.07) is 0. The van der Waals surface area contributed by atoms with Crippen molar-refractivity contribution in [2.24, 2.45) is 0 Å². The zero-order chi connectivity index (χ0) is 10.6. The largest absolute Gasteiger partial charge is 0.508 e. The van der Waals surface area contributed by atoms with E-state index < -0.39 is 6.16 Å². The van der Waals surface area contributed by atoms with Gasteiger partial charge < -0.3 is 18.9 Å². The Bertz CT molecular complexity index is 135. The van der Waals surface area contributed by atoms with Crippen LogP contribution in [0.25, 0.3) is 0 Å². The van der Waals surface area contributed by atoms with Gasteiger partial charge in [-0.25, -0.2) is 4.79 Å². The second-order valence-corrected chi connectivity index (χ2v) is 2.55. The molecule has 1 rings (SSSR count). The summed E-state index contributed by atoms with van der Waals surface area (Å²) in [7, 11) is 1.54. The molecule has 116 valence electrons. The molecule has 0 aromatic heterocycles. The van der Waals surface area contributed by atoms with Gasteiger partial charge in [0.1, 0.15) is 6.61 Å². The lowest BCUT2D eigenvalue weighted by Gasteiger charge is -2.03. The van der Waals surface area contributed by atoms with Gasteiger partial charge in [-0.15, -0.1) is 0 Å². The smallest absolute Gasteiger partial charge is 0.434 e. The van der Waals surface area contributed by atoms with Gasteiger partial charge in [0, 0.05) is 7.11 Å².